The zero-order valence-corrected chi connectivity index (χ0v) is 15.1. The number of amides is 1. The summed E-state index contributed by atoms with van der Waals surface area (Å²) in [5.41, 5.74) is 9.96. The van der Waals surface area contributed by atoms with Gasteiger partial charge in [0.2, 0.25) is 5.91 Å². The van der Waals surface area contributed by atoms with E-state index in [0.29, 0.717) is 5.69 Å². The van der Waals surface area contributed by atoms with Crippen LogP contribution < -0.4 is 11.1 Å². The topological polar surface area (TPSA) is 96.7 Å². The van der Waals surface area contributed by atoms with Crippen molar-refractivity contribution in [2.75, 3.05) is 5.73 Å². The SMILES string of the molecule is CC(NC(=O)Cn1cnc2cccc(N)c21)c1ccc(C2(C#N)CC2)cc1. The smallest absolute Gasteiger partial charge is 0.240 e. The molecule has 1 aliphatic rings. The summed E-state index contributed by atoms with van der Waals surface area (Å²) in [6.45, 7) is 2.11. The van der Waals surface area contributed by atoms with Crippen LogP contribution in [0.1, 0.15) is 36.9 Å². The Kier molecular flexibility index (Phi) is 4.08. The Balaban J connectivity index is 1.44. The maximum absolute atomic E-state index is 12.5. The van der Waals surface area contributed by atoms with Gasteiger partial charge in [-0.1, -0.05) is 30.3 Å². The summed E-state index contributed by atoms with van der Waals surface area (Å²) < 4.78 is 1.76. The summed E-state index contributed by atoms with van der Waals surface area (Å²) in [6.07, 6.45) is 3.49. The van der Waals surface area contributed by atoms with E-state index in [1.54, 1.807) is 17.0 Å². The highest BCUT2D eigenvalue weighted by Crippen LogP contribution is 2.47. The van der Waals surface area contributed by atoms with Crippen molar-refractivity contribution in [3.8, 4) is 6.07 Å². The van der Waals surface area contributed by atoms with Gasteiger partial charge in [-0.25, -0.2) is 4.98 Å². The molecule has 1 aliphatic carbocycles. The molecule has 3 N–H and O–H groups in total. The summed E-state index contributed by atoms with van der Waals surface area (Å²) in [5, 5.41) is 12.3. The van der Waals surface area contributed by atoms with Gasteiger partial charge in [0.15, 0.2) is 0 Å². The van der Waals surface area contributed by atoms with Crippen molar-refractivity contribution in [1.29, 1.82) is 5.26 Å². The van der Waals surface area contributed by atoms with E-state index in [2.05, 4.69) is 16.4 Å². The third kappa shape index (κ3) is 3.13. The molecule has 1 heterocycles. The molecule has 1 aromatic heterocycles. The van der Waals surface area contributed by atoms with Crippen LogP contribution in [0.3, 0.4) is 0 Å². The maximum atomic E-state index is 12.5. The van der Waals surface area contributed by atoms with Crippen LogP contribution in [0.2, 0.25) is 0 Å². The van der Waals surface area contributed by atoms with Crippen molar-refractivity contribution in [3.63, 3.8) is 0 Å². The average Bonchev–Trinajstić information content (AvgIpc) is 3.37. The van der Waals surface area contributed by atoms with Gasteiger partial charge in [0.05, 0.1) is 40.6 Å². The number of hydrogen-bond donors (Lipinski definition) is 2. The predicted molar refractivity (Wildman–Crippen MR) is 104 cm³/mol. The fourth-order valence-electron chi connectivity index (χ4n) is 3.48. The summed E-state index contributed by atoms with van der Waals surface area (Å²) in [6, 6.07) is 15.8. The molecule has 0 aliphatic heterocycles. The van der Waals surface area contributed by atoms with Gasteiger partial charge in [-0.2, -0.15) is 5.26 Å². The number of hydrogen-bond acceptors (Lipinski definition) is 4. The van der Waals surface area contributed by atoms with E-state index in [0.717, 1.165) is 35.0 Å². The number of carbonyl (C=O) groups is 1. The molecule has 1 amide bonds. The first-order chi connectivity index (χ1) is 13.0. The molecule has 1 atom stereocenters. The number of imidazole rings is 1. The van der Waals surface area contributed by atoms with Crippen LogP contribution in [-0.2, 0) is 16.8 Å². The Labute approximate surface area is 157 Å². The zero-order valence-electron chi connectivity index (χ0n) is 15.1. The number of anilines is 1. The molecule has 1 unspecified atom stereocenters. The number of rotatable bonds is 5. The monoisotopic (exact) mass is 359 g/mol. The largest absolute Gasteiger partial charge is 0.397 e. The van der Waals surface area contributed by atoms with Crippen molar-refractivity contribution in [2.45, 2.75) is 37.8 Å². The lowest BCUT2D eigenvalue weighted by atomic mass is 9.95. The van der Waals surface area contributed by atoms with Crippen LogP contribution in [0.5, 0.6) is 0 Å². The lowest BCUT2D eigenvalue weighted by Crippen LogP contribution is -2.30. The van der Waals surface area contributed by atoms with Crippen LogP contribution in [0.15, 0.2) is 48.8 Å². The van der Waals surface area contributed by atoms with Crippen LogP contribution >= 0.6 is 0 Å². The summed E-state index contributed by atoms with van der Waals surface area (Å²) in [4.78, 5) is 16.8. The Bertz CT molecular complexity index is 1040. The van der Waals surface area contributed by atoms with Crippen molar-refractivity contribution in [3.05, 3.63) is 59.9 Å². The number of nitriles is 1. The maximum Gasteiger partial charge on any atom is 0.240 e. The highest BCUT2D eigenvalue weighted by Gasteiger charge is 2.44. The first-order valence-electron chi connectivity index (χ1n) is 9.03. The number of fused-ring (bicyclic) bond motifs is 1. The molecular formula is C21H21N5O. The van der Waals surface area contributed by atoms with Crippen molar-refractivity contribution < 1.29 is 4.79 Å². The van der Waals surface area contributed by atoms with E-state index in [4.69, 9.17) is 5.73 Å². The third-order valence-electron chi connectivity index (χ3n) is 5.29. The van der Waals surface area contributed by atoms with Gasteiger partial charge in [0.25, 0.3) is 0 Å². The van der Waals surface area contributed by atoms with Gasteiger partial charge < -0.3 is 15.6 Å². The van der Waals surface area contributed by atoms with Crippen LogP contribution in [0.25, 0.3) is 11.0 Å². The Morgan fingerprint density at radius 1 is 1.33 bits per heavy atom. The van der Waals surface area contributed by atoms with Gasteiger partial charge in [-0.3, -0.25) is 4.79 Å². The molecule has 1 saturated carbocycles. The van der Waals surface area contributed by atoms with Crippen molar-refractivity contribution >= 4 is 22.6 Å². The minimum atomic E-state index is -0.284. The highest BCUT2D eigenvalue weighted by molar-refractivity contribution is 5.88. The molecule has 3 aromatic rings. The number of carbonyl (C=O) groups excluding carboxylic acids is 1. The number of nitrogen functional groups attached to an aromatic ring is 1. The minimum Gasteiger partial charge on any atom is -0.397 e. The summed E-state index contributed by atoms with van der Waals surface area (Å²) in [5.74, 6) is -0.107. The molecule has 27 heavy (non-hydrogen) atoms. The molecule has 6 heteroatoms. The lowest BCUT2D eigenvalue weighted by molar-refractivity contribution is -0.122. The second-order valence-corrected chi connectivity index (χ2v) is 7.19. The second kappa shape index (κ2) is 6.44. The van der Waals surface area contributed by atoms with Gasteiger partial charge in [-0.15, -0.1) is 0 Å². The minimum absolute atomic E-state index is 0.107. The molecule has 0 saturated heterocycles. The summed E-state index contributed by atoms with van der Waals surface area (Å²) in [7, 11) is 0. The van der Waals surface area contributed by atoms with Gasteiger partial charge in [0.1, 0.15) is 6.54 Å². The number of para-hydroxylation sites is 1. The van der Waals surface area contributed by atoms with Crippen molar-refractivity contribution in [1.82, 2.24) is 14.9 Å². The lowest BCUT2D eigenvalue weighted by Gasteiger charge is -2.16. The Hall–Kier alpha value is -3.33. The number of nitrogens with zero attached hydrogens (tertiary/aromatic N) is 3. The van der Waals surface area contributed by atoms with Crippen LogP contribution in [0, 0.1) is 11.3 Å². The number of nitrogens with two attached hydrogens (primary N) is 1. The van der Waals surface area contributed by atoms with Crippen molar-refractivity contribution in [2.24, 2.45) is 0 Å². The first kappa shape index (κ1) is 17.1. The fraction of sp³-hybridized carbons (Fsp3) is 0.286. The molecule has 4 rings (SSSR count). The van der Waals surface area contributed by atoms with Crippen LogP contribution in [-0.4, -0.2) is 15.5 Å². The molecule has 0 spiro atoms. The van der Waals surface area contributed by atoms with E-state index in [9.17, 15) is 10.1 Å². The van der Waals surface area contributed by atoms with Gasteiger partial charge >= 0.3 is 0 Å². The fourth-order valence-corrected chi connectivity index (χ4v) is 3.48. The summed E-state index contributed by atoms with van der Waals surface area (Å²) >= 11 is 0. The Morgan fingerprint density at radius 3 is 2.74 bits per heavy atom. The molecular weight excluding hydrogens is 338 g/mol. The predicted octanol–water partition coefficient (Wildman–Crippen LogP) is 3.05. The Morgan fingerprint density at radius 2 is 2.07 bits per heavy atom. The molecule has 2 aromatic carbocycles. The highest BCUT2D eigenvalue weighted by atomic mass is 16.2. The molecule has 0 radical (unpaired) electrons. The standard InChI is InChI=1S/C21H21N5O/c1-14(15-5-7-16(8-6-15)21(12-22)9-10-21)25-19(27)11-26-13-24-18-4-2-3-17(23)20(18)26/h2-8,13-14H,9-11,23H2,1H3,(H,25,27). The van der Waals surface area contributed by atoms with E-state index in [1.165, 1.54) is 0 Å². The molecule has 0 bridgehead atoms. The van der Waals surface area contributed by atoms with E-state index < -0.39 is 0 Å². The van der Waals surface area contributed by atoms with Gasteiger partial charge in [-0.05, 0) is 43.0 Å². The number of nitrogens with one attached hydrogen (secondary N) is 1. The third-order valence-corrected chi connectivity index (χ3v) is 5.29. The van der Waals surface area contributed by atoms with Crippen LogP contribution in [0.4, 0.5) is 5.69 Å². The second-order valence-electron chi connectivity index (χ2n) is 7.19. The first-order valence-corrected chi connectivity index (χ1v) is 9.03. The molecule has 136 valence electrons. The molecule has 1 fully saturated rings. The average molecular weight is 359 g/mol. The number of benzene rings is 2. The van der Waals surface area contributed by atoms with Gasteiger partial charge in [0, 0.05) is 0 Å². The zero-order chi connectivity index (χ0) is 19.0. The quantitative estimate of drug-likeness (QED) is 0.684. The number of aromatic nitrogens is 2. The normalized spacial score (nSPS) is 15.9. The van der Waals surface area contributed by atoms with E-state index >= 15 is 0 Å². The van der Waals surface area contributed by atoms with E-state index in [-0.39, 0.29) is 23.9 Å². The molecule has 6 nitrogen and oxygen atoms in total. The van der Waals surface area contributed by atoms with E-state index in [1.807, 2.05) is 43.3 Å².